The Morgan fingerprint density at radius 1 is 0.900 bits per heavy atom. The van der Waals surface area contributed by atoms with Crippen LogP contribution in [0.1, 0.15) is 13.8 Å². The molecule has 2 atom stereocenters. The highest BCUT2D eigenvalue weighted by atomic mass is 16.6. The Kier molecular flexibility index (Phi) is 5.18. The molecule has 1 saturated heterocycles. The molecule has 0 spiro atoms. The molecule has 0 aromatic heterocycles. The van der Waals surface area contributed by atoms with Crippen molar-refractivity contribution in [2.45, 2.75) is 26.1 Å². The monoisotopic (exact) mass is 288 g/mol. The van der Waals surface area contributed by atoms with Crippen LogP contribution in [-0.4, -0.2) is 55.1 Å². The number of Topliss-reactive ketones (excluding diaryl/α,β-unsaturated/α-hetero) is 1. The van der Waals surface area contributed by atoms with Crippen LogP contribution < -0.4 is 0 Å². The summed E-state index contributed by atoms with van der Waals surface area (Å²) in [5.74, 6) is -4.83. The Hall–Kier alpha value is -2.45. The summed E-state index contributed by atoms with van der Waals surface area (Å²) in [5.41, 5.74) is 0. The number of cyclic esters (lactones) is 2. The first-order chi connectivity index (χ1) is 9.31. The molecule has 20 heavy (non-hydrogen) atoms. The molecule has 0 N–H and O–H groups in total. The zero-order chi connectivity index (χ0) is 15.3. The molecule has 0 unspecified atom stereocenters. The van der Waals surface area contributed by atoms with Crippen LogP contribution in [0.5, 0.6) is 0 Å². The first-order valence-corrected chi connectivity index (χ1v) is 5.50. The summed E-state index contributed by atoms with van der Waals surface area (Å²) in [6.07, 6.45) is -3.65. The minimum absolute atomic E-state index is 0.642. The molecular formula is C11H12O9. The van der Waals surface area contributed by atoms with E-state index in [1.807, 2.05) is 0 Å². The molecule has 1 aliphatic heterocycles. The molecule has 1 rings (SSSR count). The van der Waals surface area contributed by atoms with E-state index in [9.17, 15) is 24.0 Å². The SMILES string of the molecule is CC(=O)O[C@H]1C(=O)OCC(=O)COC(=O)[C@@H]1OC(C)=O. The molecule has 0 aromatic carbocycles. The van der Waals surface area contributed by atoms with E-state index in [1.165, 1.54) is 0 Å². The van der Waals surface area contributed by atoms with Gasteiger partial charge in [0.15, 0.2) is 13.2 Å². The van der Waals surface area contributed by atoms with Gasteiger partial charge in [0, 0.05) is 13.8 Å². The van der Waals surface area contributed by atoms with E-state index in [0.717, 1.165) is 13.8 Å². The van der Waals surface area contributed by atoms with Crippen LogP contribution in [0, 0.1) is 0 Å². The number of ketones is 1. The Labute approximate surface area is 113 Å². The number of hydrogen-bond donors (Lipinski definition) is 0. The van der Waals surface area contributed by atoms with Crippen LogP contribution in [0.3, 0.4) is 0 Å². The average Bonchev–Trinajstić information content (AvgIpc) is 2.39. The van der Waals surface area contributed by atoms with Crippen LogP contribution in [0.15, 0.2) is 0 Å². The van der Waals surface area contributed by atoms with E-state index in [4.69, 9.17) is 0 Å². The number of carbonyl (C=O) groups excluding carboxylic acids is 5. The molecule has 110 valence electrons. The maximum atomic E-state index is 11.7. The molecule has 0 saturated carbocycles. The Morgan fingerprint density at radius 3 is 1.55 bits per heavy atom. The van der Waals surface area contributed by atoms with Crippen LogP contribution in [0.4, 0.5) is 0 Å². The van der Waals surface area contributed by atoms with Crippen molar-refractivity contribution in [1.82, 2.24) is 0 Å². The average molecular weight is 288 g/mol. The number of esters is 4. The van der Waals surface area contributed by atoms with Crippen molar-refractivity contribution < 1.29 is 42.9 Å². The first-order valence-electron chi connectivity index (χ1n) is 5.50. The molecule has 1 heterocycles. The zero-order valence-corrected chi connectivity index (χ0v) is 10.7. The van der Waals surface area contributed by atoms with Gasteiger partial charge in [-0.25, -0.2) is 9.59 Å². The minimum atomic E-state index is -1.82. The highest BCUT2D eigenvalue weighted by Crippen LogP contribution is 2.12. The largest absolute Gasteiger partial charge is 0.455 e. The lowest BCUT2D eigenvalue weighted by Crippen LogP contribution is -2.46. The van der Waals surface area contributed by atoms with Gasteiger partial charge in [-0.05, 0) is 0 Å². The van der Waals surface area contributed by atoms with Crippen LogP contribution in [-0.2, 0) is 42.9 Å². The Balaban J connectivity index is 3.06. The summed E-state index contributed by atoms with van der Waals surface area (Å²) >= 11 is 0. The van der Waals surface area contributed by atoms with Gasteiger partial charge < -0.3 is 18.9 Å². The van der Waals surface area contributed by atoms with Gasteiger partial charge >= 0.3 is 23.9 Å². The summed E-state index contributed by atoms with van der Waals surface area (Å²) in [6.45, 7) is 0.690. The predicted molar refractivity (Wildman–Crippen MR) is 58.0 cm³/mol. The second kappa shape index (κ2) is 6.64. The maximum Gasteiger partial charge on any atom is 0.352 e. The van der Waals surface area contributed by atoms with Gasteiger partial charge in [0.25, 0.3) is 0 Å². The topological polar surface area (TPSA) is 122 Å². The van der Waals surface area contributed by atoms with Gasteiger partial charge in [-0.15, -0.1) is 0 Å². The normalized spacial score (nSPS) is 23.6. The standard InChI is InChI=1S/C11H12O9/c1-5(12)19-8-9(20-6(2)13)11(16)18-4-7(14)3-17-10(8)15/h8-9H,3-4H2,1-2H3/t8-,9-/m1/s1. The predicted octanol–water partition coefficient (Wildman–Crippen LogP) is -1.48. The summed E-state index contributed by atoms with van der Waals surface area (Å²) < 4.78 is 18.3. The molecule has 1 aliphatic rings. The number of rotatable bonds is 2. The summed E-state index contributed by atoms with van der Waals surface area (Å²) in [4.78, 5) is 56.5. The number of hydrogen-bond acceptors (Lipinski definition) is 9. The van der Waals surface area contributed by atoms with Crippen molar-refractivity contribution in [3.05, 3.63) is 0 Å². The van der Waals surface area contributed by atoms with E-state index in [2.05, 4.69) is 18.9 Å². The van der Waals surface area contributed by atoms with Crippen molar-refractivity contribution in [3.63, 3.8) is 0 Å². The lowest BCUT2D eigenvalue weighted by Gasteiger charge is -2.21. The van der Waals surface area contributed by atoms with Crippen LogP contribution in [0.25, 0.3) is 0 Å². The number of ether oxygens (including phenoxy) is 4. The number of carbonyl (C=O) groups is 5. The summed E-state index contributed by atoms with van der Waals surface area (Å²) in [7, 11) is 0. The second-order valence-corrected chi connectivity index (χ2v) is 3.81. The van der Waals surface area contributed by atoms with E-state index >= 15 is 0 Å². The zero-order valence-electron chi connectivity index (χ0n) is 10.7. The maximum absolute atomic E-state index is 11.7. The van der Waals surface area contributed by atoms with E-state index in [-0.39, 0.29) is 0 Å². The Morgan fingerprint density at radius 2 is 1.25 bits per heavy atom. The lowest BCUT2D eigenvalue weighted by atomic mass is 10.2. The molecule has 0 radical (unpaired) electrons. The smallest absolute Gasteiger partial charge is 0.352 e. The highest BCUT2D eigenvalue weighted by molar-refractivity contribution is 5.93. The molecule has 9 heteroatoms. The molecule has 0 bridgehead atoms. The van der Waals surface area contributed by atoms with Crippen molar-refractivity contribution in [2.24, 2.45) is 0 Å². The third-order valence-electron chi connectivity index (χ3n) is 2.08. The van der Waals surface area contributed by atoms with Crippen LogP contribution >= 0.6 is 0 Å². The van der Waals surface area contributed by atoms with E-state index in [1.54, 1.807) is 0 Å². The van der Waals surface area contributed by atoms with Gasteiger partial charge in [-0.2, -0.15) is 0 Å². The molecule has 9 nitrogen and oxygen atoms in total. The van der Waals surface area contributed by atoms with Crippen molar-refractivity contribution in [3.8, 4) is 0 Å². The summed E-state index contributed by atoms with van der Waals surface area (Å²) in [5, 5.41) is 0. The molecule has 1 fully saturated rings. The highest BCUT2D eigenvalue weighted by Gasteiger charge is 2.43. The third-order valence-corrected chi connectivity index (χ3v) is 2.08. The van der Waals surface area contributed by atoms with Gasteiger partial charge in [0.05, 0.1) is 0 Å². The third kappa shape index (κ3) is 4.34. The first kappa shape index (κ1) is 15.6. The minimum Gasteiger partial charge on any atom is -0.455 e. The lowest BCUT2D eigenvalue weighted by molar-refractivity contribution is -0.188. The quantitative estimate of drug-likeness (QED) is 0.442. The van der Waals surface area contributed by atoms with Crippen molar-refractivity contribution in [2.75, 3.05) is 13.2 Å². The van der Waals surface area contributed by atoms with E-state index in [0.29, 0.717) is 0 Å². The fourth-order valence-electron chi connectivity index (χ4n) is 1.33. The molecule has 0 aliphatic carbocycles. The van der Waals surface area contributed by atoms with Gasteiger partial charge in [0.2, 0.25) is 18.0 Å². The van der Waals surface area contributed by atoms with Crippen molar-refractivity contribution >= 4 is 29.7 Å². The molecule has 0 aromatic rings. The fourth-order valence-corrected chi connectivity index (χ4v) is 1.33. The van der Waals surface area contributed by atoms with Gasteiger partial charge in [-0.1, -0.05) is 0 Å². The Bertz CT molecular complexity index is 413. The van der Waals surface area contributed by atoms with Gasteiger partial charge in [0.1, 0.15) is 0 Å². The second-order valence-electron chi connectivity index (χ2n) is 3.81. The molecular weight excluding hydrogens is 276 g/mol. The molecule has 0 amide bonds. The van der Waals surface area contributed by atoms with E-state index < -0.39 is 55.1 Å². The summed E-state index contributed by atoms with van der Waals surface area (Å²) in [6, 6.07) is 0. The van der Waals surface area contributed by atoms with Gasteiger partial charge in [-0.3, -0.25) is 14.4 Å². The van der Waals surface area contributed by atoms with Crippen LogP contribution in [0.2, 0.25) is 0 Å². The van der Waals surface area contributed by atoms with Crippen molar-refractivity contribution in [1.29, 1.82) is 0 Å². The fraction of sp³-hybridized carbons (Fsp3) is 0.545.